The number of likely N-dealkylation sites (tertiary alicyclic amines) is 3. The summed E-state index contributed by atoms with van der Waals surface area (Å²) in [6, 6.07) is 17.4. The van der Waals surface area contributed by atoms with Crippen LogP contribution in [0.5, 0.6) is 0 Å². The van der Waals surface area contributed by atoms with Gasteiger partial charge in [0.15, 0.2) is 0 Å². The number of nitrogens with one attached hydrogen (secondary N) is 3. The lowest BCUT2D eigenvalue weighted by Crippen LogP contribution is -2.31. The SMILES string of the molecule is Cc1cc(-c2ccnc(Nc3cnn([C@H]4CCN(C)C4)c3)n2)ccc1CCC(=O)N1CCC(C(C)(C)C)C1.Cc1cc(-c2ccnc(Nc3cnn([C@H]4CCNC4)c3)n2)ccc1CCC(=O)N1CCC(C(C)(C)C)C1. The van der Waals surface area contributed by atoms with Crippen LogP contribution >= 0.6 is 0 Å². The van der Waals surface area contributed by atoms with Crippen LogP contribution in [0.2, 0.25) is 0 Å². The van der Waals surface area contributed by atoms with Gasteiger partial charge in [0.1, 0.15) is 0 Å². The van der Waals surface area contributed by atoms with E-state index in [9.17, 15) is 9.59 Å². The molecule has 2 amide bonds. The molecule has 398 valence electrons. The molecule has 4 saturated heterocycles. The van der Waals surface area contributed by atoms with Crippen LogP contribution in [0.3, 0.4) is 0 Å². The Hall–Kier alpha value is -6.52. The molecule has 16 nitrogen and oxygen atoms in total. The van der Waals surface area contributed by atoms with Crippen molar-refractivity contribution >= 4 is 35.1 Å². The summed E-state index contributed by atoms with van der Waals surface area (Å²) in [7, 11) is 2.15. The molecule has 2 unspecified atom stereocenters. The summed E-state index contributed by atoms with van der Waals surface area (Å²) in [5.41, 5.74) is 10.9. The van der Waals surface area contributed by atoms with Crippen molar-refractivity contribution in [1.82, 2.24) is 59.5 Å². The van der Waals surface area contributed by atoms with Gasteiger partial charge in [0.25, 0.3) is 0 Å². The van der Waals surface area contributed by atoms with Crippen LogP contribution in [0.4, 0.5) is 23.3 Å². The zero-order valence-electron chi connectivity index (χ0n) is 45.9. The maximum atomic E-state index is 12.9. The minimum Gasteiger partial charge on any atom is -0.342 e. The second-order valence-electron chi connectivity index (χ2n) is 23.7. The molecule has 6 aromatic rings. The third-order valence-corrected chi connectivity index (χ3v) is 16.2. The first-order valence-electron chi connectivity index (χ1n) is 27.3. The minimum atomic E-state index is 0.257. The number of rotatable bonds is 14. The van der Waals surface area contributed by atoms with Crippen molar-refractivity contribution in [2.45, 2.75) is 119 Å². The largest absolute Gasteiger partial charge is 0.342 e. The highest BCUT2D eigenvalue weighted by atomic mass is 16.2. The summed E-state index contributed by atoms with van der Waals surface area (Å²) >= 11 is 0. The Kier molecular flexibility index (Phi) is 16.5. The van der Waals surface area contributed by atoms with Gasteiger partial charge in [-0.3, -0.25) is 19.0 Å². The zero-order chi connectivity index (χ0) is 52.9. The Morgan fingerprint density at radius 1 is 0.627 bits per heavy atom. The molecule has 4 fully saturated rings. The molecule has 8 heterocycles. The Balaban J connectivity index is 0.000000184. The highest BCUT2D eigenvalue weighted by Gasteiger charge is 2.35. The zero-order valence-corrected chi connectivity index (χ0v) is 45.9. The third-order valence-electron chi connectivity index (χ3n) is 16.2. The van der Waals surface area contributed by atoms with Crippen molar-refractivity contribution in [3.8, 4) is 22.5 Å². The first-order valence-corrected chi connectivity index (χ1v) is 27.3. The van der Waals surface area contributed by atoms with E-state index in [0.29, 0.717) is 48.7 Å². The van der Waals surface area contributed by atoms with E-state index < -0.39 is 0 Å². The average Bonchev–Trinajstić information content (AvgIpc) is 4.24. The number of anilines is 4. The molecular weight excluding hydrogens is 937 g/mol. The van der Waals surface area contributed by atoms with Crippen LogP contribution in [0.25, 0.3) is 22.5 Å². The number of carbonyl (C=O) groups excluding carboxylic acids is 2. The van der Waals surface area contributed by atoms with Gasteiger partial charge >= 0.3 is 0 Å². The molecule has 0 radical (unpaired) electrons. The molecule has 0 saturated carbocycles. The fraction of sp³-hybridized carbons (Fsp3) is 0.525. The van der Waals surface area contributed by atoms with Crippen molar-refractivity contribution in [3.05, 3.63) is 108 Å². The maximum absolute atomic E-state index is 12.9. The van der Waals surface area contributed by atoms with E-state index in [1.165, 1.54) is 22.3 Å². The molecule has 0 bridgehead atoms. The van der Waals surface area contributed by atoms with Crippen LogP contribution in [0.1, 0.15) is 114 Å². The summed E-state index contributed by atoms with van der Waals surface area (Å²) in [6.07, 6.45) is 18.3. The lowest BCUT2D eigenvalue weighted by Gasteiger charge is -2.27. The van der Waals surface area contributed by atoms with E-state index in [1.807, 2.05) is 46.3 Å². The van der Waals surface area contributed by atoms with Gasteiger partial charge in [0.05, 0.1) is 47.2 Å². The first-order chi connectivity index (χ1) is 35.9. The second kappa shape index (κ2) is 23.2. The first kappa shape index (κ1) is 53.3. The molecule has 4 atom stereocenters. The van der Waals surface area contributed by atoms with Crippen molar-refractivity contribution in [3.63, 3.8) is 0 Å². The van der Waals surface area contributed by atoms with Gasteiger partial charge in [-0.2, -0.15) is 10.2 Å². The fourth-order valence-electron chi connectivity index (χ4n) is 11.1. The highest BCUT2D eigenvalue weighted by Crippen LogP contribution is 2.36. The van der Waals surface area contributed by atoms with Crippen LogP contribution < -0.4 is 16.0 Å². The molecule has 4 aliphatic heterocycles. The van der Waals surface area contributed by atoms with Gasteiger partial charge in [-0.1, -0.05) is 65.8 Å². The van der Waals surface area contributed by atoms with E-state index in [1.54, 1.807) is 12.4 Å². The molecule has 10 rings (SSSR count). The lowest BCUT2D eigenvalue weighted by atomic mass is 9.80. The van der Waals surface area contributed by atoms with E-state index in [4.69, 9.17) is 9.97 Å². The molecular formula is C59H80N14O2. The quantitative estimate of drug-likeness (QED) is 0.0947. The number of carbonyl (C=O) groups is 2. The number of amides is 2. The Bertz CT molecular complexity index is 2910. The molecule has 2 aromatic carbocycles. The van der Waals surface area contributed by atoms with Crippen LogP contribution in [-0.2, 0) is 22.4 Å². The molecule has 16 heteroatoms. The molecule has 4 aromatic heterocycles. The summed E-state index contributed by atoms with van der Waals surface area (Å²) in [4.78, 5) is 50.5. The fourth-order valence-corrected chi connectivity index (χ4v) is 11.1. The average molecular weight is 1020 g/mol. The normalized spacial score (nSPS) is 20.1. The maximum Gasteiger partial charge on any atom is 0.227 e. The topological polar surface area (TPSA) is 167 Å². The van der Waals surface area contributed by atoms with Gasteiger partial charge in [0.2, 0.25) is 23.7 Å². The number of aryl methyl sites for hydroxylation is 4. The van der Waals surface area contributed by atoms with E-state index in [-0.39, 0.29) is 22.6 Å². The smallest absolute Gasteiger partial charge is 0.227 e. The van der Waals surface area contributed by atoms with Gasteiger partial charge in [0, 0.05) is 88.0 Å². The number of hydrogen-bond donors (Lipinski definition) is 3. The van der Waals surface area contributed by atoms with Crippen molar-refractivity contribution < 1.29 is 9.59 Å². The van der Waals surface area contributed by atoms with Crippen molar-refractivity contribution in [2.24, 2.45) is 22.7 Å². The summed E-state index contributed by atoms with van der Waals surface area (Å²) in [5, 5.41) is 19.0. The van der Waals surface area contributed by atoms with Gasteiger partial charge in [-0.15, -0.1) is 0 Å². The van der Waals surface area contributed by atoms with Crippen molar-refractivity contribution in [2.75, 3.05) is 70.0 Å². The van der Waals surface area contributed by atoms with Crippen LogP contribution in [0, 0.1) is 36.5 Å². The van der Waals surface area contributed by atoms with Crippen LogP contribution in [-0.4, -0.2) is 125 Å². The molecule has 0 spiro atoms. The number of likely N-dealkylation sites (N-methyl/N-ethyl adjacent to an activating group) is 1. The van der Waals surface area contributed by atoms with Gasteiger partial charge < -0.3 is 30.7 Å². The highest BCUT2D eigenvalue weighted by molar-refractivity contribution is 5.77. The predicted octanol–water partition coefficient (Wildman–Crippen LogP) is 9.85. The van der Waals surface area contributed by atoms with E-state index >= 15 is 0 Å². The number of aromatic nitrogens is 8. The van der Waals surface area contributed by atoms with Crippen LogP contribution in [0.15, 0.2) is 85.7 Å². The molecule has 4 aliphatic rings. The second-order valence-corrected chi connectivity index (χ2v) is 23.7. The molecule has 0 aliphatic carbocycles. The number of hydrogen-bond acceptors (Lipinski definition) is 12. The lowest BCUT2D eigenvalue weighted by molar-refractivity contribution is -0.131. The molecule has 75 heavy (non-hydrogen) atoms. The van der Waals surface area contributed by atoms with Crippen molar-refractivity contribution in [1.29, 1.82) is 0 Å². The Labute approximate surface area is 444 Å². The van der Waals surface area contributed by atoms with E-state index in [0.717, 1.165) is 125 Å². The third kappa shape index (κ3) is 13.7. The van der Waals surface area contributed by atoms with Gasteiger partial charge in [-0.05, 0) is 142 Å². The van der Waals surface area contributed by atoms with E-state index in [2.05, 4.69) is 150 Å². The summed E-state index contributed by atoms with van der Waals surface area (Å²) < 4.78 is 4.04. The standard InChI is InChI=1S/C30H41N7O.C29H39N7O/c1-21-16-23(7-6-22(21)8-9-28(38)36-15-11-24(18-36)30(2,3)4)27-10-13-31-29(34-27)33-25-17-32-37(19-25)26-12-14-35(5)20-26;1-20-15-22(6-5-21(20)7-8-27(37)35-14-11-23(18-35)29(2,3)4)26-10-13-31-28(34-26)33-24-16-32-36(19-24)25-9-12-30-17-25/h6-7,10,13,16-17,19,24,26H,8-9,11-12,14-15,18,20H2,1-5H3,(H,31,33,34);5-6,10,13,15-16,19,23,25,30H,7-9,11-12,14,17-18H2,1-4H3,(H,31,33,34)/t24?,26-;23?,25-/m00/s1. The minimum absolute atomic E-state index is 0.257. The summed E-state index contributed by atoms with van der Waals surface area (Å²) in [5.74, 6) is 2.82. The Morgan fingerprint density at radius 3 is 1.53 bits per heavy atom. The number of benzene rings is 2. The molecule has 3 N–H and O–H groups in total. The van der Waals surface area contributed by atoms with Gasteiger partial charge in [-0.25, -0.2) is 19.9 Å². The number of nitrogens with zero attached hydrogens (tertiary/aromatic N) is 11. The Morgan fingerprint density at radius 2 is 1.12 bits per heavy atom. The predicted molar refractivity (Wildman–Crippen MR) is 298 cm³/mol. The monoisotopic (exact) mass is 1020 g/mol. The summed E-state index contributed by atoms with van der Waals surface area (Å²) in [6.45, 7) is 25.5.